The lowest BCUT2D eigenvalue weighted by Gasteiger charge is -2.06. The average molecular weight is 301 g/mol. The Labute approximate surface area is 126 Å². The molecule has 7 heteroatoms. The summed E-state index contributed by atoms with van der Waals surface area (Å²) in [6.07, 6.45) is 1.96. The summed E-state index contributed by atoms with van der Waals surface area (Å²) in [5.41, 5.74) is 1.02. The van der Waals surface area contributed by atoms with Crippen molar-refractivity contribution in [1.29, 1.82) is 0 Å². The van der Waals surface area contributed by atoms with Gasteiger partial charge in [-0.15, -0.1) is 0 Å². The number of nitrogens with one attached hydrogen (secondary N) is 1. The van der Waals surface area contributed by atoms with E-state index < -0.39 is 0 Å². The van der Waals surface area contributed by atoms with Crippen LogP contribution in [0, 0.1) is 0 Å². The third-order valence-electron chi connectivity index (χ3n) is 2.75. The number of methoxy groups -OCH3 is 2. The van der Waals surface area contributed by atoms with Crippen LogP contribution in [0.4, 0.5) is 0 Å². The predicted octanol–water partition coefficient (Wildman–Crippen LogP) is 0.299. The molecule has 21 heavy (non-hydrogen) atoms. The Kier molecular flexibility index (Phi) is 10.9. The lowest BCUT2D eigenvalue weighted by Crippen LogP contribution is -2.19. The van der Waals surface area contributed by atoms with Crippen LogP contribution in [0.3, 0.4) is 0 Å². The molecule has 0 radical (unpaired) electrons. The molecule has 0 amide bonds. The Bertz CT molecular complexity index is 347. The van der Waals surface area contributed by atoms with E-state index in [1.54, 1.807) is 14.2 Å². The van der Waals surface area contributed by atoms with Crippen LogP contribution in [0.2, 0.25) is 0 Å². The maximum absolute atomic E-state index is 5.48. The van der Waals surface area contributed by atoms with Gasteiger partial charge in [0.05, 0.1) is 51.9 Å². The molecule has 1 aromatic rings. The second-order valence-corrected chi connectivity index (χ2v) is 4.46. The first kappa shape index (κ1) is 18.1. The number of nitrogens with zero attached hydrogens (tertiary/aromatic N) is 2. The fourth-order valence-electron chi connectivity index (χ4n) is 1.64. The summed E-state index contributed by atoms with van der Waals surface area (Å²) >= 11 is 0. The minimum absolute atomic E-state index is 0.594. The molecule has 0 spiro atoms. The van der Waals surface area contributed by atoms with Gasteiger partial charge in [0.15, 0.2) is 0 Å². The van der Waals surface area contributed by atoms with Crippen LogP contribution >= 0.6 is 0 Å². The maximum Gasteiger partial charge on any atom is 0.0762 e. The second kappa shape index (κ2) is 12.7. The van der Waals surface area contributed by atoms with E-state index in [1.165, 1.54) is 0 Å². The zero-order valence-corrected chi connectivity index (χ0v) is 13.0. The Balaban J connectivity index is 1.98. The van der Waals surface area contributed by atoms with E-state index in [9.17, 15) is 0 Å². The van der Waals surface area contributed by atoms with Crippen molar-refractivity contribution in [2.24, 2.45) is 0 Å². The van der Waals surface area contributed by atoms with Gasteiger partial charge in [0.25, 0.3) is 0 Å². The molecule has 0 fully saturated rings. The Morgan fingerprint density at radius 2 is 1.71 bits per heavy atom. The molecule has 1 N–H and O–H groups in total. The monoisotopic (exact) mass is 301 g/mol. The Morgan fingerprint density at radius 3 is 2.48 bits per heavy atom. The Hall–Kier alpha value is -0.990. The summed E-state index contributed by atoms with van der Waals surface area (Å²) in [4.78, 5) is 0. The van der Waals surface area contributed by atoms with Crippen molar-refractivity contribution in [1.82, 2.24) is 15.1 Å². The van der Waals surface area contributed by atoms with Crippen molar-refractivity contribution in [2.45, 2.75) is 13.1 Å². The summed E-state index contributed by atoms with van der Waals surface area (Å²) in [6, 6.07) is 2.01. The van der Waals surface area contributed by atoms with Crippen LogP contribution in [0.15, 0.2) is 12.3 Å². The van der Waals surface area contributed by atoms with E-state index in [4.69, 9.17) is 18.9 Å². The molecule has 122 valence electrons. The van der Waals surface area contributed by atoms with Gasteiger partial charge in [0.2, 0.25) is 0 Å². The van der Waals surface area contributed by atoms with Gasteiger partial charge < -0.3 is 24.3 Å². The molecule has 1 heterocycles. The topological polar surface area (TPSA) is 66.8 Å². The van der Waals surface area contributed by atoms with Crippen molar-refractivity contribution < 1.29 is 18.9 Å². The van der Waals surface area contributed by atoms with Gasteiger partial charge in [-0.05, 0) is 6.07 Å². The highest BCUT2D eigenvalue weighted by atomic mass is 16.5. The summed E-state index contributed by atoms with van der Waals surface area (Å²) in [6.45, 7) is 6.09. The van der Waals surface area contributed by atoms with Gasteiger partial charge >= 0.3 is 0 Å². The molecule has 0 aliphatic heterocycles. The standard InChI is InChI=1S/C14H27N3O4/c1-18-7-4-15-13-14-3-5-17(16-14)6-8-20-11-12-21-10-9-19-2/h3,5,15H,4,6-13H2,1-2H3. The normalized spacial score (nSPS) is 11.1. The third kappa shape index (κ3) is 9.54. The van der Waals surface area contributed by atoms with Crippen LogP contribution < -0.4 is 5.32 Å². The van der Waals surface area contributed by atoms with E-state index in [0.717, 1.165) is 25.3 Å². The summed E-state index contributed by atoms with van der Waals surface area (Å²) in [5.74, 6) is 0. The number of rotatable bonds is 14. The lowest BCUT2D eigenvalue weighted by atomic mass is 10.4. The number of aromatic nitrogens is 2. The van der Waals surface area contributed by atoms with Gasteiger partial charge in [-0.25, -0.2) is 0 Å². The Morgan fingerprint density at radius 1 is 1.00 bits per heavy atom. The molecule has 1 aromatic heterocycles. The van der Waals surface area contributed by atoms with E-state index in [1.807, 2.05) is 16.9 Å². The largest absolute Gasteiger partial charge is 0.383 e. The lowest BCUT2D eigenvalue weighted by molar-refractivity contribution is 0.0225. The van der Waals surface area contributed by atoms with Gasteiger partial charge in [-0.2, -0.15) is 5.10 Å². The molecule has 0 atom stereocenters. The SMILES string of the molecule is COCCNCc1ccn(CCOCCOCCOC)n1. The number of hydrogen-bond acceptors (Lipinski definition) is 6. The van der Waals surface area contributed by atoms with Gasteiger partial charge in [-0.3, -0.25) is 4.68 Å². The predicted molar refractivity (Wildman–Crippen MR) is 79.3 cm³/mol. The molecule has 0 aromatic carbocycles. The maximum atomic E-state index is 5.48. The van der Waals surface area contributed by atoms with Crippen molar-refractivity contribution in [3.8, 4) is 0 Å². The fraction of sp³-hybridized carbons (Fsp3) is 0.786. The van der Waals surface area contributed by atoms with Crippen molar-refractivity contribution in [2.75, 3.05) is 60.4 Å². The van der Waals surface area contributed by atoms with Crippen molar-refractivity contribution in [3.05, 3.63) is 18.0 Å². The van der Waals surface area contributed by atoms with E-state index >= 15 is 0 Å². The molecule has 0 saturated heterocycles. The van der Waals surface area contributed by atoms with E-state index in [0.29, 0.717) is 39.6 Å². The van der Waals surface area contributed by atoms with Crippen LogP contribution in [-0.4, -0.2) is 70.2 Å². The minimum Gasteiger partial charge on any atom is -0.383 e. The molecule has 1 rings (SSSR count). The van der Waals surface area contributed by atoms with Crippen LogP contribution in [0.1, 0.15) is 5.69 Å². The summed E-state index contributed by atoms with van der Waals surface area (Å²) in [5, 5.41) is 7.71. The first-order valence-corrected chi connectivity index (χ1v) is 7.23. The summed E-state index contributed by atoms with van der Waals surface area (Å²) < 4.78 is 22.5. The number of ether oxygens (including phenoxy) is 4. The molecule has 0 aliphatic rings. The van der Waals surface area contributed by atoms with Crippen molar-refractivity contribution in [3.63, 3.8) is 0 Å². The zero-order chi connectivity index (χ0) is 15.2. The quantitative estimate of drug-likeness (QED) is 0.499. The molecule has 0 aliphatic carbocycles. The first-order chi connectivity index (χ1) is 10.4. The average Bonchev–Trinajstić information content (AvgIpc) is 2.94. The smallest absolute Gasteiger partial charge is 0.0762 e. The van der Waals surface area contributed by atoms with Gasteiger partial charge in [0, 0.05) is 33.5 Å². The third-order valence-corrected chi connectivity index (χ3v) is 2.75. The van der Waals surface area contributed by atoms with Crippen LogP contribution in [0.25, 0.3) is 0 Å². The van der Waals surface area contributed by atoms with Crippen molar-refractivity contribution >= 4 is 0 Å². The first-order valence-electron chi connectivity index (χ1n) is 7.23. The van der Waals surface area contributed by atoms with Gasteiger partial charge in [0.1, 0.15) is 0 Å². The highest BCUT2D eigenvalue weighted by Gasteiger charge is 1.99. The molecule has 0 unspecified atom stereocenters. The highest BCUT2D eigenvalue weighted by Crippen LogP contribution is 1.95. The second-order valence-electron chi connectivity index (χ2n) is 4.46. The molecule has 7 nitrogen and oxygen atoms in total. The zero-order valence-electron chi connectivity index (χ0n) is 13.0. The minimum atomic E-state index is 0.594. The number of hydrogen-bond donors (Lipinski definition) is 1. The van der Waals surface area contributed by atoms with Gasteiger partial charge in [-0.1, -0.05) is 0 Å². The fourth-order valence-corrected chi connectivity index (χ4v) is 1.64. The van der Waals surface area contributed by atoms with Crippen LogP contribution in [0.5, 0.6) is 0 Å². The van der Waals surface area contributed by atoms with E-state index in [2.05, 4.69) is 10.4 Å². The molecular formula is C14H27N3O4. The molecular weight excluding hydrogens is 274 g/mol. The molecule has 0 bridgehead atoms. The summed E-state index contributed by atoms with van der Waals surface area (Å²) in [7, 11) is 3.35. The van der Waals surface area contributed by atoms with Crippen LogP contribution in [-0.2, 0) is 32.0 Å². The van der Waals surface area contributed by atoms with E-state index in [-0.39, 0.29) is 0 Å². The highest BCUT2D eigenvalue weighted by molar-refractivity contribution is 4.98. The molecule has 0 saturated carbocycles.